The molecule has 64 valence electrons. The SMILES string of the molecule is CB=O.CCN1CCNCC1. The zero-order valence-corrected chi connectivity index (χ0v) is 7.47. The maximum Gasteiger partial charge on any atom is 0.0107 e. The summed E-state index contributed by atoms with van der Waals surface area (Å²) in [5.74, 6) is 0. The predicted octanol–water partition coefficient (Wildman–Crippen LogP) is -0.00430. The van der Waals surface area contributed by atoms with Crippen molar-refractivity contribution in [2.45, 2.75) is 13.7 Å². The molecule has 0 bridgehead atoms. The normalized spacial score (nSPS) is 18.0. The Kier molecular flexibility index (Phi) is 7.73. The molecule has 1 rings (SSSR count). The standard InChI is InChI=1S/C6H14N2.CH3BO/c1-2-8-5-3-7-4-6-8;1-2-3/h7H,2-6H2,1H3;1H3. The van der Waals surface area contributed by atoms with Crippen molar-refractivity contribution in [1.82, 2.24) is 10.2 Å². The van der Waals surface area contributed by atoms with Gasteiger partial charge in [0.25, 0.3) is 0 Å². The van der Waals surface area contributed by atoms with Gasteiger partial charge in [0.15, 0.2) is 0 Å². The van der Waals surface area contributed by atoms with Gasteiger partial charge < -0.3 is 10.2 Å². The molecule has 1 saturated heterocycles. The second kappa shape index (κ2) is 7.89. The van der Waals surface area contributed by atoms with Crippen LogP contribution < -0.4 is 5.32 Å². The van der Waals surface area contributed by atoms with Gasteiger partial charge in [0.05, 0.1) is 0 Å². The molecule has 1 N–H and O–H groups in total. The zero-order chi connectivity index (χ0) is 8.53. The van der Waals surface area contributed by atoms with E-state index in [0.717, 1.165) is 7.15 Å². The van der Waals surface area contributed by atoms with Gasteiger partial charge in [-0.2, -0.15) is 0 Å². The van der Waals surface area contributed by atoms with Crippen molar-refractivity contribution in [2.24, 2.45) is 0 Å². The molecule has 0 aromatic rings. The van der Waals surface area contributed by atoms with E-state index in [2.05, 4.69) is 17.1 Å². The fourth-order valence-corrected chi connectivity index (χ4v) is 1.03. The zero-order valence-electron chi connectivity index (χ0n) is 7.47. The Labute approximate surface area is 69.4 Å². The van der Waals surface area contributed by atoms with Gasteiger partial charge >= 0.3 is 18.7 Å². The van der Waals surface area contributed by atoms with Crippen LogP contribution in [0, 0.1) is 0 Å². The van der Waals surface area contributed by atoms with Crippen LogP contribution in [-0.4, -0.2) is 44.8 Å². The Morgan fingerprint density at radius 3 is 2.18 bits per heavy atom. The van der Waals surface area contributed by atoms with E-state index in [0.29, 0.717) is 0 Å². The summed E-state index contributed by atoms with van der Waals surface area (Å²) in [6, 6.07) is 0. The summed E-state index contributed by atoms with van der Waals surface area (Å²) in [4.78, 5) is 2.45. The van der Waals surface area contributed by atoms with Crippen molar-refractivity contribution in [3.8, 4) is 0 Å². The van der Waals surface area contributed by atoms with Crippen LogP contribution in [-0.2, 0) is 4.70 Å². The Morgan fingerprint density at radius 1 is 1.45 bits per heavy atom. The maximum atomic E-state index is 8.81. The van der Waals surface area contributed by atoms with Crippen LogP contribution in [0.25, 0.3) is 0 Å². The molecule has 11 heavy (non-hydrogen) atoms. The first-order valence-electron chi connectivity index (χ1n) is 4.18. The van der Waals surface area contributed by atoms with E-state index in [-0.39, 0.29) is 0 Å². The molecule has 1 fully saturated rings. The fourth-order valence-electron chi connectivity index (χ4n) is 1.03. The van der Waals surface area contributed by atoms with Gasteiger partial charge in [-0.15, -0.1) is 0 Å². The smallest absolute Gasteiger partial charge is 0.0107 e. The third-order valence-electron chi connectivity index (χ3n) is 1.66. The van der Waals surface area contributed by atoms with E-state index in [4.69, 9.17) is 4.70 Å². The Hall–Kier alpha value is -0.215. The summed E-state index contributed by atoms with van der Waals surface area (Å²) in [5.41, 5.74) is 0. The molecule has 0 aliphatic carbocycles. The molecule has 4 heteroatoms. The molecule has 0 aromatic carbocycles. The minimum atomic E-state index is 0.750. The quantitative estimate of drug-likeness (QED) is 0.542. The van der Waals surface area contributed by atoms with Gasteiger partial charge in [-0.05, 0) is 6.54 Å². The van der Waals surface area contributed by atoms with Crippen LogP contribution in [0.1, 0.15) is 6.92 Å². The van der Waals surface area contributed by atoms with Crippen LogP contribution in [0.4, 0.5) is 0 Å². The number of hydrogen-bond acceptors (Lipinski definition) is 3. The van der Waals surface area contributed by atoms with E-state index in [1.54, 1.807) is 0 Å². The number of hydrogen-bond donors (Lipinski definition) is 1. The molecule has 0 radical (unpaired) electrons. The van der Waals surface area contributed by atoms with Crippen LogP contribution in [0.5, 0.6) is 0 Å². The van der Waals surface area contributed by atoms with E-state index >= 15 is 0 Å². The fraction of sp³-hybridized carbons (Fsp3) is 1.00. The number of nitrogens with zero attached hydrogens (tertiary/aromatic N) is 1. The van der Waals surface area contributed by atoms with Crippen molar-refractivity contribution in [2.75, 3.05) is 32.7 Å². The van der Waals surface area contributed by atoms with Crippen LogP contribution in [0.15, 0.2) is 0 Å². The second-order valence-corrected chi connectivity index (χ2v) is 2.42. The molecule has 0 unspecified atom stereocenters. The van der Waals surface area contributed by atoms with Crippen molar-refractivity contribution >= 4 is 7.15 Å². The van der Waals surface area contributed by atoms with Crippen LogP contribution >= 0.6 is 0 Å². The molecule has 0 spiro atoms. The average Bonchev–Trinajstić information content (AvgIpc) is 2.08. The van der Waals surface area contributed by atoms with Gasteiger partial charge in [0, 0.05) is 26.2 Å². The average molecular weight is 156 g/mol. The molecule has 1 heterocycles. The van der Waals surface area contributed by atoms with E-state index in [9.17, 15) is 0 Å². The molecular formula is C7H17BN2O. The van der Waals surface area contributed by atoms with Crippen LogP contribution in [0.3, 0.4) is 0 Å². The third kappa shape index (κ3) is 6.19. The van der Waals surface area contributed by atoms with Gasteiger partial charge in [-0.1, -0.05) is 6.92 Å². The molecule has 0 saturated carbocycles. The maximum absolute atomic E-state index is 8.81. The first-order valence-corrected chi connectivity index (χ1v) is 4.18. The summed E-state index contributed by atoms with van der Waals surface area (Å²) in [6.07, 6.45) is 0. The van der Waals surface area contributed by atoms with Crippen molar-refractivity contribution in [3.63, 3.8) is 0 Å². The largest absolute Gasteiger partial charge is 0.314 e. The number of likely N-dealkylation sites (N-methyl/N-ethyl adjacent to an activating group) is 1. The minimum Gasteiger partial charge on any atom is -0.314 e. The topological polar surface area (TPSA) is 32.3 Å². The van der Waals surface area contributed by atoms with Crippen molar-refractivity contribution < 1.29 is 4.70 Å². The summed E-state index contributed by atoms with van der Waals surface area (Å²) in [7, 11) is 0.750. The van der Waals surface area contributed by atoms with E-state index < -0.39 is 0 Å². The van der Waals surface area contributed by atoms with Gasteiger partial charge in [0.2, 0.25) is 0 Å². The number of piperazine rings is 1. The van der Waals surface area contributed by atoms with E-state index in [1.165, 1.54) is 39.5 Å². The number of nitrogens with one attached hydrogen (secondary N) is 1. The monoisotopic (exact) mass is 156 g/mol. The Balaban J connectivity index is 0.000000292. The summed E-state index contributed by atoms with van der Waals surface area (Å²) < 4.78 is 8.81. The van der Waals surface area contributed by atoms with Gasteiger partial charge in [-0.25, -0.2) is 0 Å². The number of rotatable bonds is 1. The summed E-state index contributed by atoms with van der Waals surface area (Å²) in [6.45, 7) is 9.68. The summed E-state index contributed by atoms with van der Waals surface area (Å²) in [5, 5.41) is 3.31. The van der Waals surface area contributed by atoms with Gasteiger partial charge in [-0.3, -0.25) is 0 Å². The van der Waals surface area contributed by atoms with Crippen LogP contribution in [0.2, 0.25) is 6.82 Å². The molecule has 1 aliphatic heterocycles. The third-order valence-corrected chi connectivity index (χ3v) is 1.66. The first kappa shape index (κ1) is 10.8. The predicted molar refractivity (Wildman–Crippen MR) is 47.3 cm³/mol. The molecule has 0 atom stereocenters. The Bertz CT molecular complexity index is 94.4. The molecular weight excluding hydrogens is 139 g/mol. The second-order valence-electron chi connectivity index (χ2n) is 2.42. The van der Waals surface area contributed by atoms with E-state index in [1.807, 2.05) is 0 Å². The van der Waals surface area contributed by atoms with Gasteiger partial charge in [0.1, 0.15) is 0 Å². The molecule has 1 aliphatic rings. The molecule has 0 amide bonds. The molecule has 3 nitrogen and oxygen atoms in total. The summed E-state index contributed by atoms with van der Waals surface area (Å²) >= 11 is 0. The van der Waals surface area contributed by atoms with Crippen molar-refractivity contribution in [3.05, 3.63) is 0 Å². The first-order chi connectivity index (χ1) is 5.35. The minimum absolute atomic E-state index is 0.750. The molecule has 0 aromatic heterocycles. The van der Waals surface area contributed by atoms with Crippen molar-refractivity contribution in [1.29, 1.82) is 0 Å². The Morgan fingerprint density at radius 2 is 1.91 bits per heavy atom.